The van der Waals surface area contributed by atoms with Crippen LogP contribution in [-0.2, 0) is 4.79 Å². The van der Waals surface area contributed by atoms with Crippen molar-refractivity contribution in [3.63, 3.8) is 0 Å². The molecule has 0 bridgehead atoms. The third-order valence-corrected chi connectivity index (χ3v) is 5.38. The fourth-order valence-corrected chi connectivity index (χ4v) is 3.77. The van der Waals surface area contributed by atoms with Crippen molar-refractivity contribution in [1.82, 2.24) is 15.5 Å². The zero-order valence-corrected chi connectivity index (χ0v) is 15.5. The minimum Gasteiger partial charge on any atom is -0.356 e. The van der Waals surface area contributed by atoms with Crippen molar-refractivity contribution in [3.8, 4) is 0 Å². The molecule has 7 heteroatoms. The second kappa shape index (κ2) is 9.79. The summed E-state index contributed by atoms with van der Waals surface area (Å²) >= 11 is 5.06. The molecule has 1 aliphatic rings. The molecule has 2 N–H and O–H groups in total. The lowest BCUT2D eigenvalue weighted by molar-refractivity contribution is -0.122. The first kappa shape index (κ1) is 18.9. The lowest BCUT2D eigenvalue weighted by Gasteiger charge is -2.27. The number of nitrogens with zero attached hydrogens (tertiary/aromatic N) is 1. The first-order valence-electron chi connectivity index (χ1n) is 7.13. The molecule has 1 amide bonds. The average Bonchev–Trinajstić information content (AvgIpc) is 2.90. The predicted octanol–water partition coefficient (Wildman–Crippen LogP) is 2.45. The van der Waals surface area contributed by atoms with Gasteiger partial charge in [-0.15, -0.1) is 23.7 Å². The number of piperazine rings is 1. The number of hydrogen-bond donors (Lipinski definition) is 2. The fourth-order valence-electron chi connectivity index (χ4n) is 2.29. The van der Waals surface area contributed by atoms with Crippen LogP contribution in [0.15, 0.2) is 15.9 Å². The van der Waals surface area contributed by atoms with Crippen molar-refractivity contribution >= 4 is 45.6 Å². The van der Waals surface area contributed by atoms with Gasteiger partial charge in [-0.25, -0.2) is 0 Å². The van der Waals surface area contributed by atoms with Crippen molar-refractivity contribution in [2.24, 2.45) is 0 Å². The lowest BCUT2D eigenvalue weighted by Crippen LogP contribution is -2.44. The fraction of sp³-hybridized carbons (Fsp3) is 0.643. The van der Waals surface area contributed by atoms with Crippen LogP contribution in [0.1, 0.15) is 24.1 Å². The largest absolute Gasteiger partial charge is 0.356 e. The molecule has 0 saturated carbocycles. The van der Waals surface area contributed by atoms with Crippen LogP contribution in [0.2, 0.25) is 0 Å². The molecule has 120 valence electrons. The predicted molar refractivity (Wildman–Crippen MR) is 94.6 cm³/mol. The number of amides is 1. The summed E-state index contributed by atoms with van der Waals surface area (Å²) in [7, 11) is 0. The van der Waals surface area contributed by atoms with Crippen molar-refractivity contribution in [2.75, 3.05) is 39.3 Å². The standard InChI is InChI=1S/C14H22BrN3OS.ClH/c1-11(12-3-4-13(15)20-12)14(19)17-5-2-8-18-9-6-16-7-10-18;/h3-4,11,16H,2,5-10H2,1H3,(H,17,19);1H. The molecule has 0 aromatic carbocycles. The Hall–Kier alpha value is -0.140. The highest BCUT2D eigenvalue weighted by molar-refractivity contribution is 9.11. The van der Waals surface area contributed by atoms with Crippen LogP contribution < -0.4 is 10.6 Å². The summed E-state index contributed by atoms with van der Waals surface area (Å²) in [6.07, 6.45) is 1.02. The van der Waals surface area contributed by atoms with Crippen molar-refractivity contribution in [3.05, 3.63) is 20.8 Å². The highest BCUT2D eigenvalue weighted by atomic mass is 79.9. The van der Waals surface area contributed by atoms with Gasteiger partial charge in [-0.1, -0.05) is 0 Å². The van der Waals surface area contributed by atoms with Crippen molar-refractivity contribution in [1.29, 1.82) is 0 Å². The second-order valence-electron chi connectivity index (χ2n) is 5.10. The van der Waals surface area contributed by atoms with E-state index in [0.29, 0.717) is 0 Å². The maximum absolute atomic E-state index is 12.1. The molecule has 0 radical (unpaired) electrons. The van der Waals surface area contributed by atoms with Crippen LogP contribution in [0.4, 0.5) is 0 Å². The third kappa shape index (κ3) is 6.24. The summed E-state index contributed by atoms with van der Waals surface area (Å²) in [4.78, 5) is 15.6. The smallest absolute Gasteiger partial charge is 0.228 e. The van der Waals surface area contributed by atoms with Gasteiger partial charge >= 0.3 is 0 Å². The van der Waals surface area contributed by atoms with Crippen molar-refractivity contribution < 1.29 is 4.79 Å². The van der Waals surface area contributed by atoms with Gasteiger partial charge in [-0.3, -0.25) is 4.79 Å². The highest BCUT2D eigenvalue weighted by Gasteiger charge is 2.16. The van der Waals surface area contributed by atoms with E-state index in [1.54, 1.807) is 11.3 Å². The maximum Gasteiger partial charge on any atom is 0.228 e. The number of nitrogens with one attached hydrogen (secondary N) is 2. The van der Waals surface area contributed by atoms with E-state index < -0.39 is 0 Å². The van der Waals surface area contributed by atoms with E-state index >= 15 is 0 Å². The van der Waals surface area contributed by atoms with Gasteiger partial charge in [0.25, 0.3) is 0 Å². The molecule has 0 aliphatic carbocycles. The monoisotopic (exact) mass is 395 g/mol. The van der Waals surface area contributed by atoms with Gasteiger partial charge in [0.1, 0.15) is 0 Å². The van der Waals surface area contributed by atoms with Gasteiger partial charge in [-0.2, -0.15) is 0 Å². The van der Waals surface area contributed by atoms with Gasteiger partial charge < -0.3 is 15.5 Å². The lowest BCUT2D eigenvalue weighted by atomic mass is 10.1. The summed E-state index contributed by atoms with van der Waals surface area (Å²) in [5.41, 5.74) is 0. The number of carbonyl (C=O) groups excluding carboxylic acids is 1. The van der Waals surface area contributed by atoms with E-state index in [-0.39, 0.29) is 24.2 Å². The molecule has 1 fully saturated rings. The normalized spacial score (nSPS) is 17.0. The number of hydrogen-bond acceptors (Lipinski definition) is 4. The Morgan fingerprint density at radius 2 is 2.19 bits per heavy atom. The zero-order chi connectivity index (χ0) is 14.4. The van der Waals surface area contributed by atoms with Crippen LogP contribution in [0.3, 0.4) is 0 Å². The Balaban J connectivity index is 0.00000220. The van der Waals surface area contributed by atoms with Crippen LogP contribution in [0.25, 0.3) is 0 Å². The van der Waals surface area contributed by atoms with E-state index in [1.165, 1.54) is 0 Å². The molecular weight excluding hydrogens is 374 g/mol. The topological polar surface area (TPSA) is 44.4 Å². The Morgan fingerprint density at radius 1 is 1.48 bits per heavy atom. The highest BCUT2D eigenvalue weighted by Crippen LogP contribution is 2.28. The minimum absolute atomic E-state index is 0. The molecule has 0 spiro atoms. The molecule has 1 aromatic heterocycles. The molecule has 21 heavy (non-hydrogen) atoms. The molecule has 1 unspecified atom stereocenters. The van der Waals surface area contributed by atoms with Gasteiger partial charge in [0.15, 0.2) is 0 Å². The van der Waals surface area contributed by atoms with E-state index in [0.717, 1.165) is 54.4 Å². The summed E-state index contributed by atoms with van der Waals surface area (Å²) in [6.45, 7) is 8.19. The number of carbonyl (C=O) groups is 1. The van der Waals surface area contributed by atoms with Gasteiger partial charge in [0.2, 0.25) is 5.91 Å². The van der Waals surface area contributed by atoms with E-state index in [1.807, 2.05) is 19.1 Å². The molecule has 2 rings (SSSR count). The average molecular weight is 397 g/mol. The van der Waals surface area contributed by atoms with Crippen molar-refractivity contribution in [2.45, 2.75) is 19.3 Å². The first-order valence-corrected chi connectivity index (χ1v) is 8.74. The van der Waals surface area contributed by atoms with Crippen LogP contribution in [-0.4, -0.2) is 50.1 Å². The molecule has 2 heterocycles. The van der Waals surface area contributed by atoms with Crippen LogP contribution >= 0.6 is 39.7 Å². The van der Waals surface area contributed by atoms with E-state index in [4.69, 9.17) is 0 Å². The van der Waals surface area contributed by atoms with Crippen LogP contribution in [0, 0.1) is 0 Å². The molecule has 1 aliphatic heterocycles. The molecular formula is C14H23BrClN3OS. The quantitative estimate of drug-likeness (QED) is 0.726. The molecule has 1 atom stereocenters. The van der Waals surface area contributed by atoms with E-state index in [9.17, 15) is 4.79 Å². The first-order chi connectivity index (χ1) is 9.66. The summed E-state index contributed by atoms with van der Waals surface area (Å²) in [6, 6.07) is 4.01. The summed E-state index contributed by atoms with van der Waals surface area (Å²) in [5, 5.41) is 6.38. The Morgan fingerprint density at radius 3 is 2.81 bits per heavy atom. The SMILES string of the molecule is CC(C(=O)NCCCN1CCNCC1)c1ccc(Br)s1.Cl. The Kier molecular flexibility index (Phi) is 8.82. The summed E-state index contributed by atoms with van der Waals surface area (Å²) < 4.78 is 1.07. The zero-order valence-electron chi connectivity index (χ0n) is 12.2. The minimum atomic E-state index is -0.0644. The Labute approximate surface area is 145 Å². The number of rotatable bonds is 6. The molecule has 1 saturated heterocycles. The number of halogens is 2. The van der Waals surface area contributed by atoms with Gasteiger partial charge in [-0.05, 0) is 48.0 Å². The third-order valence-electron chi connectivity index (χ3n) is 3.57. The van der Waals surface area contributed by atoms with E-state index in [2.05, 4.69) is 31.5 Å². The summed E-state index contributed by atoms with van der Waals surface area (Å²) in [5.74, 6) is 0.0603. The molecule has 1 aromatic rings. The molecule has 4 nitrogen and oxygen atoms in total. The van der Waals surface area contributed by atoms with Gasteiger partial charge in [0, 0.05) is 37.6 Å². The van der Waals surface area contributed by atoms with Crippen LogP contribution in [0.5, 0.6) is 0 Å². The number of thiophene rings is 1. The Bertz CT molecular complexity index is 438. The van der Waals surface area contributed by atoms with Gasteiger partial charge in [0.05, 0.1) is 9.70 Å². The maximum atomic E-state index is 12.1. The second-order valence-corrected chi connectivity index (χ2v) is 7.59.